The highest BCUT2D eigenvalue weighted by atomic mass is 16.6. The second kappa shape index (κ2) is 6.96. The number of hydrogen-bond acceptors (Lipinski definition) is 6. The molecule has 0 saturated carbocycles. The molecule has 0 bridgehead atoms. The van der Waals surface area contributed by atoms with Gasteiger partial charge in [0.15, 0.2) is 11.3 Å². The molecule has 1 aliphatic rings. The van der Waals surface area contributed by atoms with E-state index in [1.165, 1.54) is 10.7 Å². The molecule has 0 aromatic carbocycles. The van der Waals surface area contributed by atoms with Crippen LogP contribution < -0.4 is 10.2 Å². The molecule has 9 heteroatoms. The van der Waals surface area contributed by atoms with Crippen LogP contribution in [-0.4, -0.2) is 70.8 Å². The number of nitrogens with one attached hydrogen (secondary N) is 1. The molecule has 2 amide bonds. The molecule has 134 valence electrons. The van der Waals surface area contributed by atoms with Gasteiger partial charge in [-0.25, -0.2) is 14.3 Å². The molecule has 0 aliphatic carbocycles. The molecular formula is C16H22N6O3. The molecule has 0 radical (unpaired) electrons. The summed E-state index contributed by atoms with van der Waals surface area (Å²) in [6.07, 6.45) is 1.10. The fourth-order valence-electron chi connectivity index (χ4n) is 2.71. The Morgan fingerprint density at radius 2 is 1.92 bits per heavy atom. The Bertz CT molecular complexity index is 779. The Morgan fingerprint density at radius 1 is 1.20 bits per heavy atom. The van der Waals surface area contributed by atoms with Crippen LogP contribution in [0, 0.1) is 0 Å². The van der Waals surface area contributed by atoms with Crippen LogP contribution in [-0.2, 0) is 4.74 Å². The SMILES string of the molecule is CNC(=O)c1cnc2ccc(N3CCN(C(=O)OC(C)C)CC3)nn12. The van der Waals surface area contributed by atoms with Gasteiger partial charge in [-0.15, -0.1) is 5.10 Å². The zero-order chi connectivity index (χ0) is 18.0. The molecule has 1 fully saturated rings. The largest absolute Gasteiger partial charge is 0.447 e. The fourth-order valence-corrected chi connectivity index (χ4v) is 2.71. The summed E-state index contributed by atoms with van der Waals surface area (Å²) in [6.45, 7) is 6.10. The van der Waals surface area contributed by atoms with Crippen LogP contribution in [0.25, 0.3) is 5.65 Å². The van der Waals surface area contributed by atoms with Gasteiger partial charge in [0.2, 0.25) is 0 Å². The number of nitrogens with zero attached hydrogens (tertiary/aromatic N) is 5. The molecule has 3 heterocycles. The zero-order valence-corrected chi connectivity index (χ0v) is 14.6. The Hall–Kier alpha value is -2.84. The van der Waals surface area contributed by atoms with Gasteiger partial charge in [0.25, 0.3) is 5.91 Å². The van der Waals surface area contributed by atoms with E-state index in [0.717, 1.165) is 5.82 Å². The van der Waals surface area contributed by atoms with Gasteiger partial charge < -0.3 is 19.9 Å². The van der Waals surface area contributed by atoms with Crippen molar-refractivity contribution in [1.29, 1.82) is 0 Å². The summed E-state index contributed by atoms with van der Waals surface area (Å²) < 4.78 is 6.76. The van der Waals surface area contributed by atoms with Crippen LogP contribution in [0.5, 0.6) is 0 Å². The predicted octanol–water partition coefficient (Wildman–Crippen LogP) is 0.756. The highest BCUT2D eigenvalue weighted by Crippen LogP contribution is 2.16. The van der Waals surface area contributed by atoms with E-state index in [1.807, 2.05) is 26.0 Å². The van der Waals surface area contributed by atoms with Gasteiger partial charge in [-0.2, -0.15) is 0 Å². The third-order valence-corrected chi connectivity index (χ3v) is 4.01. The van der Waals surface area contributed by atoms with Gasteiger partial charge >= 0.3 is 6.09 Å². The molecule has 1 N–H and O–H groups in total. The molecule has 9 nitrogen and oxygen atoms in total. The summed E-state index contributed by atoms with van der Waals surface area (Å²) >= 11 is 0. The highest BCUT2D eigenvalue weighted by Gasteiger charge is 2.24. The van der Waals surface area contributed by atoms with Crippen LogP contribution in [0.4, 0.5) is 10.6 Å². The average molecular weight is 346 g/mol. The Morgan fingerprint density at radius 3 is 2.56 bits per heavy atom. The van der Waals surface area contributed by atoms with E-state index < -0.39 is 0 Å². The van der Waals surface area contributed by atoms with E-state index in [9.17, 15) is 9.59 Å². The fraction of sp³-hybridized carbons (Fsp3) is 0.500. The first-order valence-electron chi connectivity index (χ1n) is 8.27. The molecule has 0 atom stereocenters. The standard InChI is InChI=1S/C16H22N6O3/c1-11(2)25-16(24)21-8-6-20(7-9-21)14-5-4-13-18-10-12(15(23)17-3)22(13)19-14/h4-5,10-11H,6-9H2,1-3H3,(H,17,23). The summed E-state index contributed by atoms with van der Waals surface area (Å²) in [6, 6.07) is 3.70. The van der Waals surface area contributed by atoms with Gasteiger partial charge in [-0.05, 0) is 26.0 Å². The predicted molar refractivity (Wildman–Crippen MR) is 91.8 cm³/mol. The highest BCUT2D eigenvalue weighted by molar-refractivity contribution is 5.92. The average Bonchev–Trinajstić information content (AvgIpc) is 3.03. The van der Waals surface area contributed by atoms with Crippen molar-refractivity contribution in [3.8, 4) is 0 Å². The van der Waals surface area contributed by atoms with E-state index in [4.69, 9.17) is 4.74 Å². The maximum atomic E-state index is 12.0. The number of aromatic nitrogens is 3. The van der Waals surface area contributed by atoms with Crippen LogP contribution in [0.3, 0.4) is 0 Å². The van der Waals surface area contributed by atoms with Gasteiger partial charge in [0.05, 0.1) is 12.3 Å². The molecule has 2 aromatic heterocycles. The third-order valence-electron chi connectivity index (χ3n) is 4.01. The smallest absolute Gasteiger partial charge is 0.410 e. The van der Waals surface area contributed by atoms with Crippen LogP contribution >= 0.6 is 0 Å². The number of piperazine rings is 1. The number of imidazole rings is 1. The van der Waals surface area contributed by atoms with Crippen molar-refractivity contribution in [3.05, 3.63) is 24.0 Å². The van der Waals surface area contributed by atoms with Crippen LogP contribution in [0.15, 0.2) is 18.3 Å². The van der Waals surface area contributed by atoms with Crippen molar-refractivity contribution in [2.75, 3.05) is 38.1 Å². The molecule has 0 unspecified atom stereocenters. The van der Waals surface area contributed by atoms with Crippen LogP contribution in [0.1, 0.15) is 24.3 Å². The summed E-state index contributed by atoms with van der Waals surface area (Å²) in [7, 11) is 1.57. The van der Waals surface area contributed by atoms with E-state index in [2.05, 4.69) is 20.3 Å². The first kappa shape index (κ1) is 17.0. The minimum Gasteiger partial charge on any atom is -0.447 e. The third kappa shape index (κ3) is 3.49. The van der Waals surface area contributed by atoms with Crippen molar-refractivity contribution in [2.45, 2.75) is 20.0 Å². The van der Waals surface area contributed by atoms with Crippen molar-refractivity contribution >= 4 is 23.5 Å². The van der Waals surface area contributed by atoms with E-state index in [1.54, 1.807) is 11.9 Å². The maximum absolute atomic E-state index is 12.0. The molecule has 1 aliphatic heterocycles. The van der Waals surface area contributed by atoms with Gasteiger partial charge in [0, 0.05) is 33.2 Å². The summed E-state index contributed by atoms with van der Waals surface area (Å²) in [5, 5.41) is 7.11. The lowest BCUT2D eigenvalue weighted by Crippen LogP contribution is -2.49. The molecule has 3 rings (SSSR count). The Balaban J connectivity index is 1.73. The van der Waals surface area contributed by atoms with Crippen LogP contribution in [0.2, 0.25) is 0 Å². The molecule has 2 aromatic rings. The van der Waals surface area contributed by atoms with E-state index in [-0.39, 0.29) is 18.1 Å². The lowest BCUT2D eigenvalue weighted by molar-refractivity contribution is 0.0750. The number of carbonyl (C=O) groups is 2. The van der Waals surface area contributed by atoms with Crippen molar-refractivity contribution in [1.82, 2.24) is 24.8 Å². The quantitative estimate of drug-likeness (QED) is 0.882. The number of ether oxygens (including phenoxy) is 1. The number of hydrogen-bond donors (Lipinski definition) is 1. The minimum absolute atomic E-state index is 0.126. The topological polar surface area (TPSA) is 92.1 Å². The molecular weight excluding hydrogens is 324 g/mol. The number of fused-ring (bicyclic) bond motifs is 1. The monoisotopic (exact) mass is 346 g/mol. The zero-order valence-electron chi connectivity index (χ0n) is 14.6. The Kier molecular flexibility index (Phi) is 4.73. The summed E-state index contributed by atoms with van der Waals surface area (Å²) in [5.74, 6) is 0.505. The van der Waals surface area contributed by atoms with Crippen molar-refractivity contribution in [2.24, 2.45) is 0 Å². The lowest BCUT2D eigenvalue weighted by atomic mass is 10.3. The molecule has 1 saturated heterocycles. The number of rotatable bonds is 3. The number of carbonyl (C=O) groups excluding carboxylic acids is 2. The van der Waals surface area contributed by atoms with Gasteiger partial charge in [-0.3, -0.25) is 4.79 Å². The van der Waals surface area contributed by atoms with E-state index >= 15 is 0 Å². The van der Waals surface area contributed by atoms with Gasteiger partial charge in [-0.1, -0.05) is 0 Å². The number of anilines is 1. The van der Waals surface area contributed by atoms with Crippen molar-refractivity contribution < 1.29 is 14.3 Å². The summed E-state index contributed by atoms with van der Waals surface area (Å²) in [4.78, 5) is 31.8. The van der Waals surface area contributed by atoms with E-state index in [0.29, 0.717) is 37.5 Å². The molecule has 0 spiro atoms. The Labute approximate surface area is 145 Å². The number of amides is 2. The first-order chi connectivity index (χ1) is 12.0. The minimum atomic E-state index is -0.283. The first-order valence-corrected chi connectivity index (χ1v) is 8.27. The van der Waals surface area contributed by atoms with Gasteiger partial charge in [0.1, 0.15) is 5.82 Å². The van der Waals surface area contributed by atoms with Crippen molar-refractivity contribution in [3.63, 3.8) is 0 Å². The summed E-state index contributed by atoms with van der Waals surface area (Å²) in [5.41, 5.74) is 1.000. The second-order valence-corrected chi connectivity index (χ2v) is 6.09. The second-order valence-electron chi connectivity index (χ2n) is 6.09. The normalized spacial score (nSPS) is 14.9. The molecule has 25 heavy (non-hydrogen) atoms. The maximum Gasteiger partial charge on any atom is 0.410 e. The lowest BCUT2D eigenvalue weighted by Gasteiger charge is -2.35.